The summed E-state index contributed by atoms with van der Waals surface area (Å²) in [5.74, 6) is -3.15. The Morgan fingerprint density at radius 2 is 1.92 bits per heavy atom. The number of esters is 1. The highest BCUT2D eigenvalue weighted by molar-refractivity contribution is 5.96. The van der Waals surface area contributed by atoms with Crippen LogP contribution in [0.3, 0.4) is 0 Å². The molecule has 25 heavy (non-hydrogen) atoms. The maximum absolute atomic E-state index is 12.5. The van der Waals surface area contributed by atoms with Crippen molar-refractivity contribution in [3.63, 3.8) is 0 Å². The minimum Gasteiger partial charge on any atom is -0.434 e. The normalized spacial score (nSPS) is 17.0. The molecule has 0 spiro atoms. The second-order valence-electron chi connectivity index (χ2n) is 5.45. The smallest absolute Gasteiger partial charge is 0.434 e. The first kappa shape index (κ1) is 17.0. The van der Waals surface area contributed by atoms with Crippen LogP contribution in [0.2, 0.25) is 0 Å². The highest BCUT2D eigenvalue weighted by atomic mass is 19.4. The lowest BCUT2D eigenvalue weighted by atomic mass is 10.1. The number of ether oxygens (including phenoxy) is 1. The number of rotatable bonds is 3. The van der Waals surface area contributed by atoms with Crippen LogP contribution in [0.15, 0.2) is 36.4 Å². The van der Waals surface area contributed by atoms with Crippen LogP contribution in [-0.2, 0) is 16.1 Å². The lowest BCUT2D eigenvalue weighted by Crippen LogP contribution is -2.40. The third kappa shape index (κ3) is 3.22. The molecule has 132 valence electrons. The fraction of sp³-hybridized carbons (Fsp3) is 0.250. The molecule has 1 aromatic carbocycles. The number of halogens is 3. The molecular formula is C16H14F3N3O3. The number of carbonyl (C=O) groups excluding carboxylic acids is 2. The second kappa shape index (κ2) is 6.25. The molecule has 0 saturated carbocycles. The predicted octanol–water partition coefficient (Wildman–Crippen LogP) is 1.96. The van der Waals surface area contributed by atoms with Gasteiger partial charge in [-0.15, -0.1) is 0 Å². The van der Waals surface area contributed by atoms with Gasteiger partial charge in [-0.05, 0) is 11.6 Å². The summed E-state index contributed by atoms with van der Waals surface area (Å²) in [4.78, 5) is 23.0. The summed E-state index contributed by atoms with van der Waals surface area (Å²) in [5.41, 5.74) is 6.85. The molecule has 1 aliphatic rings. The zero-order valence-electron chi connectivity index (χ0n) is 12.8. The van der Waals surface area contributed by atoms with E-state index in [4.69, 9.17) is 5.73 Å². The molecule has 1 atom stereocenters. The van der Waals surface area contributed by atoms with Crippen molar-refractivity contribution >= 4 is 11.9 Å². The molecule has 6 nitrogen and oxygen atoms in total. The average Bonchev–Trinajstić information content (AvgIpc) is 2.96. The van der Waals surface area contributed by atoms with Crippen LogP contribution in [0.25, 0.3) is 11.3 Å². The van der Waals surface area contributed by atoms with E-state index in [-0.39, 0.29) is 17.8 Å². The number of benzene rings is 1. The molecule has 2 aromatic rings. The number of primary amides is 1. The van der Waals surface area contributed by atoms with E-state index in [2.05, 4.69) is 10.1 Å². The van der Waals surface area contributed by atoms with Crippen LogP contribution in [-0.4, -0.2) is 29.2 Å². The minimum atomic E-state index is -5.13. The number of nitrogens with zero attached hydrogens (tertiary/aromatic N) is 1. The van der Waals surface area contributed by atoms with Crippen molar-refractivity contribution in [2.75, 3.05) is 6.54 Å². The van der Waals surface area contributed by atoms with E-state index in [0.29, 0.717) is 12.2 Å². The van der Waals surface area contributed by atoms with E-state index in [9.17, 15) is 22.8 Å². The number of alkyl halides is 3. The molecule has 0 saturated heterocycles. The summed E-state index contributed by atoms with van der Waals surface area (Å²) in [6, 6.07) is 10.5. The van der Waals surface area contributed by atoms with Crippen LogP contribution >= 0.6 is 0 Å². The monoisotopic (exact) mass is 353 g/mol. The number of nitrogens with two attached hydrogens (primary N) is 1. The fourth-order valence-electron chi connectivity index (χ4n) is 2.81. The first-order valence-electron chi connectivity index (χ1n) is 7.39. The van der Waals surface area contributed by atoms with Crippen LogP contribution in [0, 0.1) is 0 Å². The van der Waals surface area contributed by atoms with Crippen LogP contribution in [0.4, 0.5) is 13.2 Å². The highest BCUT2D eigenvalue weighted by Gasteiger charge is 2.44. The number of hydrogen-bond acceptors (Lipinski definition) is 4. The Morgan fingerprint density at radius 3 is 2.52 bits per heavy atom. The van der Waals surface area contributed by atoms with Crippen molar-refractivity contribution < 1.29 is 27.5 Å². The maximum Gasteiger partial charge on any atom is 0.490 e. The van der Waals surface area contributed by atoms with E-state index in [1.54, 1.807) is 28.8 Å². The lowest BCUT2D eigenvalue weighted by Gasteiger charge is -2.28. The molecule has 0 fully saturated rings. The Labute approximate surface area is 140 Å². The van der Waals surface area contributed by atoms with Crippen molar-refractivity contribution in [1.29, 1.82) is 0 Å². The van der Waals surface area contributed by atoms with E-state index in [1.807, 2.05) is 6.07 Å². The Hall–Kier alpha value is -2.81. The standard InChI is InChI=1S/C16H14F3N3O3/c17-16(18,19)15(24)25-14-12-10(13(20)23)8-11(22(12)7-6-21-14)9-4-2-1-3-5-9/h1-5,8,14,21H,6-7H2,(H2,20,23). The summed E-state index contributed by atoms with van der Waals surface area (Å²) in [6.45, 7) is 0.641. The maximum atomic E-state index is 12.5. The number of carbonyl (C=O) groups is 2. The van der Waals surface area contributed by atoms with E-state index in [1.165, 1.54) is 6.07 Å². The molecule has 0 radical (unpaired) electrons. The van der Waals surface area contributed by atoms with Crippen molar-refractivity contribution in [1.82, 2.24) is 9.88 Å². The van der Waals surface area contributed by atoms with E-state index >= 15 is 0 Å². The molecule has 1 amide bonds. The van der Waals surface area contributed by atoms with Crippen molar-refractivity contribution in [3.8, 4) is 11.3 Å². The van der Waals surface area contributed by atoms with Gasteiger partial charge in [-0.1, -0.05) is 30.3 Å². The van der Waals surface area contributed by atoms with Gasteiger partial charge < -0.3 is 15.0 Å². The third-order valence-corrected chi connectivity index (χ3v) is 3.84. The molecule has 0 aliphatic carbocycles. The van der Waals surface area contributed by atoms with Crippen LogP contribution < -0.4 is 11.1 Å². The first-order valence-corrected chi connectivity index (χ1v) is 7.39. The molecule has 3 N–H and O–H groups in total. The SMILES string of the molecule is NC(=O)c1cc(-c2ccccc2)n2c1C(OC(=O)C(F)(F)F)NCC2. The molecule has 3 rings (SSSR count). The lowest BCUT2D eigenvalue weighted by molar-refractivity contribution is -0.207. The van der Waals surface area contributed by atoms with Gasteiger partial charge in [-0.2, -0.15) is 13.2 Å². The molecule has 9 heteroatoms. The summed E-state index contributed by atoms with van der Waals surface area (Å²) in [6.07, 6.45) is -6.55. The van der Waals surface area contributed by atoms with Gasteiger partial charge in [0.1, 0.15) is 0 Å². The van der Waals surface area contributed by atoms with Crippen molar-refractivity contribution in [3.05, 3.63) is 47.7 Å². The fourth-order valence-corrected chi connectivity index (χ4v) is 2.81. The predicted molar refractivity (Wildman–Crippen MR) is 81.3 cm³/mol. The molecule has 0 bridgehead atoms. The Kier molecular flexibility index (Phi) is 4.25. The first-order chi connectivity index (χ1) is 11.8. The van der Waals surface area contributed by atoms with Gasteiger partial charge in [0.25, 0.3) is 5.91 Å². The third-order valence-electron chi connectivity index (χ3n) is 3.84. The molecule has 2 heterocycles. The minimum absolute atomic E-state index is 0.00558. The van der Waals surface area contributed by atoms with E-state index < -0.39 is 24.3 Å². The topological polar surface area (TPSA) is 86.3 Å². The summed E-state index contributed by atoms with van der Waals surface area (Å²) < 4.78 is 43.7. The van der Waals surface area contributed by atoms with E-state index in [0.717, 1.165) is 5.56 Å². The molecular weight excluding hydrogens is 339 g/mol. The largest absolute Gasteiger partial charge is 0.490 e. The summed E-state index contributed by atoms with van der Waals surface area (Å²) >= 11 is 0. The Balaban J connectivity index is 2.07. The van der Waals surface area contributed by atoms with Gasteiger partial charge in [0.2, 0.25) is 0 Å². The molecule has 1 aliphatic heterocycles. The van der Waals surface area contributed by atoms with Crippen molar-refractivity contribution in [2.24, 2.45) is 5.73 Å². The van der Waals surface area contributed by atoms with Gasteiger partial charge in [0, 0.05) is 18.8 Å². The van der Waals surface area contributed by atoms with Crippen LogP contribution in [0.5, 0.6) is 0 Å². The van der Waals surface area contributed by atoms with Gasteiger partial charge >= 0.3 is 12.1 Å². The summed E-state index contributed by atoms with van der Waals surface area (Å²) in [7, 11) is 0. The molecule has 1 aromatic heterocycles. The van der Waals surface area contributed by atoms with Crippen LogP contribution in [0.1, 0.15) is 22.3 Å². The molecule has 1 unspecified atom stereocenters. The highest BCUT2D eigenvalue weighted by Crippen LogP contribution is 2.33. The van der Waals surface area contributed by atoms with Gasteiger partial charge in [0.05, 0.1) is 11.3 Å². The average molecular weight is 353 g/mol. The second-order valence-corrected chi connectivity index (χ2v) is 5.45. The number of fused-ring (bicyclic) bond motifs is 1. The van der Waals surface area contributed by atoms with Gasteiger partial charge in [-0.25, -0.2) is 4.79 Å². The Bertz CT molecular complexity index is 815. The number of aromatic nitrogens is 1. The number of nitrogens with one attached hydrogen (secondary N) is 1. The zero-order valence-corrected chi connectivity index (χ0v) is 12.8. The number of amides is 1. The van der Waals surface area contributed by atoms with Gasteiger partial charge in [0.15, 0.2) is 6.23 Å². The number of hydrogen-bond donors (Lipinski definition) is 2. The summed E-state index contributed by atoms with van der Waals surface area (Å²) in [5, 5.41) is 2.67. The van der Waals surface area contributed by atoms with Gasteiger partial charge in [-0.3, -0.25) is 10.1 Å². The quantitative estimate of drug-likeness (QED) is 0.826. The van der Waals surface area contributed by atoms with Crippen molar-refractivity contribution in [2.45, 2.75) is 18.9 Å². The Morgan fingerprint density at radius 1 is 1.24 bits per heavy atom. The zero-order chi connectivity index (χ0) is 18.2.